The second-order valence-corrected chi connectivity index (χ2v) is 5.49. The lowest BCUT2D eigenvalue weighted by molar-refractivity contribution is 0.172. The first-order valence-corrected chi connectivity index (χ1v) is 7.07. The molecular formula is C13H19N3OS. The van der Waals surface area contributed by atoms with Gasteiger partial charge in [0.2, 0.25) is 0 Å². The van der Waals surface area contributed by atoms with Crippen LogP contribution in [0.15, 0.2) is 11.4 Å². The quantitative estimate of drug-likeness (QED) is 0.898. The molecular weight excluding hydrogens is 246 g/mol. The van der Waals surface area contributed by atoms with Gasteiger partial charge in [0.1, 0.15) is 0 Å². The third-order valence-electron chi connectivity index (χ3n) is 2.91. The number of rotatable bonds is 5. The molecule has 1 unspecified atom stereocenters. The molecule has 2 rings (SSSR count). The smallest absolute Gasteiger partial charge is 0.0954 e. The molecule has 0 saturated carbocycles. The van der Waals surface area contributed by atoms with Crippen molar-refractivity contribution in [2.24, 2.45) is 7.05 Å². The lowest BCUT2D eigenvalue weighted by Crippen LogP contribution is -2.16. The molecule has 0 aliphatic carbocycles. The summed E-state index contributed by atoms with van der Waals surface area (Å²) in [6.07, 6.45) is 1.78. The second kappa shape index (κ2) is 5.63. The van der Waals surface area contributed by atoms with Crippen molar-refractivity contribution < 1.29 is 5.11 Å². The maximum Gasteiger partial charge on any atom is 0.0954 e. The van der Waals surface area contributed by atoms with Crippen LogP contribution in [0.3, 0.4) is 0 Å². The lowest BCUT2D eigenvalue weighted by atomic mass is 10.1. The Morgan fingerprint density at radius 1 is 1.44 bits per heavy atom. The summed E-state index contributed by atoms with van der Waals surface area (Å²) < 4.78 is 1.86. The maximum absolute atomic E-state index is 10.1. The van der Waals surface area contributed by atoms with Crippen molar-refractivity contribution in [2.45, 2.75) is 39.2 Å². The predicted molar refractivity (Wildman–Crippen MR) is 72.9 cm³/mol. The predicted octanol–water partition coefficient (Wildman–Crippen LogP) is 1.89. The van der Waals surface area contributed by atoms with Crippen molar-refractivity contribution in [3.05, 3.63) is 33.5 Å². The van der Waals surface area contributed by atoms with E-state index in [1.807, 2.05) is 24.0 Å². The van der Waals surface area contributed by atoms with Crippen molar-refractivity contribution in [1.82, 2.24) is 14.8 Å². The number of aromatic nitrogens is 3. The Morgan fingerprint density at radius 2 is 2.22 bits per heavy atom. The number of aliphatic hydroxyl groups excluding tert-OH is 1. The van der Waals surface area contributed by atoms with Gasteiger partial charge in [-0.05, 0) is 19.4 Å². The summed E-state index contributed by atoms with van der Waals surface area (Å²) in [6.45, 7) is 4.06. The molecule has 2 aromatic heterocycles. The van der Waals surface area contributed by atoms with Crippen molar-refractivity contribution in [2.75, 3.05) is 0 Å². The van der Waals surface area contributed by atoms with E-state index in [2.05, 4.69) is 23.1 Å². The molecule has 0 amide bonds. The summed E-state index contributed by atoms with van der Waals surface area (Å²) >= 11 is 1.61. The van der Waals surface area contributed by atoms with Crippen LogP contribution in [0.4, 0.5) is 0 Å². The Labute approximate surface area is 111 Å². The van der Waals surface area contributed by atoms with E-state index >= 15 is 0 Å². The van der Waals surface area contributed by atoms with Crippen LogP contribution < -0.4 is 0 Å². The zero-order valence-corrected chi connectivity index (χ0v) is 11.9. The van der Waals surface area contributed by atoms with E-state index in [1.165, 1.54) is 0 Å². The molecule has 0 radical (unpaired) electrons. The van der Waals surface area contributed by atoms with Gasteiger partial charge in [-0.15, -0.1) is 11.3 Å². The number of hydrogen-bond acceptors (Lipinski definition) is 4. The second-order valence-electron chi connectivity index (χ2n) is 4.55. The minimum Gasteiger partial charge on any atom is -0.392 e. The van der Waals surface area contributed by atoms with Gasteiger partial charge in [0, 0.05) is 36.7 Å². The molecule has 4 nitrogen and oxygen atoms in total. The van der Waals surface area contributed by atoms with E-state index < -0.39 is 6.10 Å². The molecule has 0 aromatic carbocycles. The molecule has 0 aliphatic rings. The molecule has 0 aliphatic heterocycles. The number of nitrogens with zero attached hydrogens (tertiary/aromatic N) is 3. The van der Waals surface area contributed by atoms with Gasteiger partial charge in [-0.25, -0.2) is 4.98 Å². The molecule has 2 heterocycles. The van der Waals surface area contributed by atoms with E-state index in [-0.39, 0.29) is 0 Å². The number of hydrogen-bond donors (Lipinski definition) is 1. The van der Waals surface area contributed by atoms with Crippen LogP contribution in [-0.4, -0.2) is 26.0 Å². The van der Waals surface area contributed by atoms with Gasteiger partial charge in [-0.3, -0.25) is 4.68 Å². The summed E-state index contributed by atoms with van der Waals surface area (Å²) in [5.41, 5.74) is 3.17. The fourth-order valence-corrected chi connectivity index (χ4v) is 2.79. The number of thiazole rings is 1. The first-order chi connectivity index (χ1) is 8.58. The largest absolute Gasteiger partial charge is 0.392 e. The molecule has 5 heteroatoms. The van der Waals surface area contributed by atoms with Crippen LogP contribution >= 0.6 is 11.3 Å². The SMILES string of the molecule is CCc1cc(CC(O)Cc2nc(C)cs2)n(C)n1. The van der Waals surface area contributed by atoms with Crippen molar-refractivity contribution >= 4 is 11.3 Å². The molecule has 18 heavy (non-hydrogen) atoms. The Balaban J connectivity index is 1.98. The number of aliphatic hydroxyl groups is 1. The molecule has 2 aromatic rings. The molecule has 0 fully saturated rings. The van der Waals surface area contributed by atoms with E-state index in [0.717, 1.165) is 28.5 Å². The highest BCUT2D eigenvalue weighted by atomic mass is 32.1. The maximum atomic E-state index is 10.1. The fraction of sp³-hybridized carbons (Fsp3) is 0.538. The standard InChI is InChI=1S/C13H19N3OS/c1-4-10-5-11(16(3)15-10)6-12(17)7-13-14-9(2)8-18-13/h5,8,12,17H,4,6-7H2,1-3H3. The third kappa shape index (κ3) is 3.17. The Bertz CT molecular complexity index is 518. The Kier molecular flexibility index (Phi) is 4.14. The van der Waals surface area contributed by atoms with Crippen molar-refractivity contribution in [1.29, 1.82) is 0 Å². The normalized spacial score (nSPS) is 12.9. The van der Waals surface area contributed by atoms with E-state index in [1.54, 1.807) is 11.3 Å². The van der Waals surface area contributed by atoms with E-state index in [9.17, 15) is 5.11 Å². The van der Waals surface area contributed by atoms with Crippen molar-refractivity contribution in [3.8, 4) is 0 Å². The molecule has 0 spiro atoms. The van der Waals surface area contributed by atoms with Gasteiger partial charge in [0.15, 0.2) is 0 Å². The molecule has 0 saturated heterocycles. The van der Waals surface area contributed by atoms with E-state index in [4.69, 9.17) is 0 Å². The third-order valence-corrected chi connectivity index (χ3v) is 3.90. The zero-order valence-electron chi connectivity index (χ0n) is 11.1. The lowest BCUT2D eigenvalue weighted by Gasteiger charge is -2.08. The van der Waals surface area contributed by atoms with Crippen LogP contribution in [0.5, 0.6) is 0 Å². The first kappa shape index (κ1) is 13.2. The van der Waals surface area contributed by atoms with Crippen LogP contribution in [0.2, 0.25) is 0 Å². The van der Waals surface area contributed by atoms with Crippen molar-refractivity contribution in [3.63, 3.8) is 0 Å². The van der Waals surface area contributed by atoms with Crippen LogP contribution in [0.1, 0.15) is 29.0 Å². The zero-order chi connectivity index (χ0) is 13.1. The van der Waals surface area contributed by atoms with Crippen LogP contribution in [0.25, 0.3) is 0 Å². The molecule has 98 valence electrons. The number of aryl methyl sites for hydroxylation is 3. The van der Waals surface area contributed by atoms with Gasteiger partial charge in [0.25, 0.3) is 0 Å². The minimum atomic E-state index is -0.393. The van der Waals surface area contributed by atoms with Gasteiger partial charge in [-0.2, -0.15) is 5.10 Å². The summed E-state index contributed by atoms with van der Waals surface area (Å²) in [5, 5.41) is 17.5. The van der Waals surface area contributed by atoms with Crippen LogP contribution in [-0.2, 0) is 26.3 Å². The highest BCUT2D eigenvalue weighted by molar-refractivity contribution is 7.09. The Hall–Kier alpha value is -1.20. The fourth-order valence-electron chi connectivity index (χ4n) is 1.95. The average Bonchev–Trinajstić information content (AvgIpc) is 2.86. The van der Waals surface area contributed by atoms with Gasteiger partial charge < -0.3 is 5.11 Å². The van der Waals surface area contributed by atoms with Gasteiger partial charge in [0.05, 0.1) is 16.8 Å². The summed E-state index contributed by atoms with van der Waals surface area (Å²) in [5.74, 6) is 0. The monoisotopic (exact) mass is 265 g/mol. The van der Waals surface area contributed by atoms with Crippen LogP contribution in [0, 0.1) is 6.92 Å². The highest BCUT2D eigenvalue weighted by Crippen LogP contribution is 2.14. The Morgan fingerprint density at radius 3 is 2.78 bits per heavy atom. The van der Waals surface area contributed by atoms with E-state index in [0.29, 0.717) is 12.8 Å². The molecule has 1 atom stereocenters. The van der Waals surface area contributed by atoms with Gasteiger partial charge in [-0.1, -0.05) is 6.92 Å². The molecule has 1 N–H and O–H groups in total. The molecule has 0 bridgehead atoms. The first-order valence-electron chi connectivity index (χ1n) is 6.19. The minimum absolute atomic E-state index is 0.393. The topological polar surface area (TPSA) is 50.9 Å². The summed E-state index contributed by atoms with van der Waals surface area (Å²) in [4.78, 5) is 4.37. The van der Waals surface area contributed by atoms with Gasteiger partial charge >= 0.3 is 0 Å². The summed E-state index contributed by atoms with van der Waals surface area (Å²) in [7, 11) is 1.93. The average molecular weight is 265 g/mol. The highest BCUT2D eigenvalue weighted by Gasteiger charge is 2.12. The summed E-state index contributed by atoms with van der Waals surface area (Å²) in [6, 6.07) is 2.07.